The van der Waals surface area contributed by atoms with Gasteiger partial charge in [0.05, 0.1) is 5.39 Å². The Morgan fingerprint density at radius 2 is 1.75 bits per heavy atom. The van der Waals surface area contributed by atoms with E-state index in [0.717, 1.165) is 24.5 Å². The number of benzene rings is 1. The Labute approximate surface area is 202 Å². The number of amides is 1. The summed E-state index contributed by atoms with van der Waals surface area (Å²) in [5.41, 5.74) is -4.76. The minimum Gasteiger partial charge on any atom is -0.506 e. The van der Waals surface area contributed by atoms with Crippen LogP contribution in [0.15, 0.2) is 35.4 Å². The topological polar surface area (TPSA) is 101 Å². The highest BCUT2D eigenvalue weighted by Gasteiger charge is 2.38. The maximum atomic E-state index is 14.5. The standard InChI is InChI=1S/C23H23F4N5O4/c1-22(2,3)36-21(35)31-9-7-30(8-10-31)19-13-11-16(23(25,26)27)32(20(34)17(13)28-12-29-19)18-14(24)5-4-6-15(18)33/h4-6,11-12,33H,7-10H2,1-3H3. The van der Waals surface area contributed by atoms with E-state index in [2.05, 4.69) is 9.97 Å². The van der Waals surface area contributed by atoms with E-state index in [1.807, 2.05) is 0 Å². The van der Waals surface area contributed by atoms with Gasteiger partial charge in [0.2, 0.25) is 0 Å². The predicted octanol–water partition coefficient (Wildman–Crippen LogP) is 3.70. The Morgan fingerprint density at radius 1 is 1.08 bits per heavy atom. The summed E-state index contributed by atoms with van der Waals surface area (Å²) in [5, 5.41) is 9.89. The largest absolute Gasteiger partial charge is 0.506 e. The van der Waals surface area contributed by atoms with Gasteiger partial charge in [-0.1, -0.05) is 6.07 Å². The SMILES string of the molecule is CC(C)(C)OC(=O)N1CCN(c2ncnc3c(=O)n(-c4c(O)cccc4F)c(C(F)(F)F)cc23)CC1. The Balaban J connectivity index is 1.79. The van der Waals surface area contributed by atoms with Crippen LogP contribution in [0.2, 0.25) is 0 Å². The highest BCUT2D eigenvalue weighted by molar-refractivity contribution is 5.89. The van der Waals surface area contributed by atoms with Crippen LogP contribution < -0.4 is 10.5 Å². The summed E-state index contributed by atoms with van der Waals surface area (Å²) in [6.45, 7) is 6.06. The number of rotatable bonds is 2. The Hall–Kier alpha value is -3.90. The summed E-state index contributed by atoms with van der Waals surface area (Å²) in [6, 6.07) is 3.58. The molecule has 0 unspecified atom stereocenters. The van der Waals surface area contributed by atoms with E-state index in [1.54, 1.807) is 25.7 Å². The van der Waals surface area contributed by atoms with Crippen LogP contribution in [-0.4, -0.2) is 62.4 Å². The fourth-order valence-corrected chi connectivity index (χ4v) is 3.94. The molecule has 0 bridgehead atoms. The highest BCUT2D eigenvalue weighted by Crippen LogP contribution is 2.36. The van der Waals surface area contributed by atoms with Crippen molar-refractivity contribution in [3.63, 3.8) is 0 Å². The third-order valence-electron chi connectivity index (χ3n) is 5.50. The van der Waals surface area contributed by atoms with Gasteiger partial charge in [0.25, 0.3) is 5.56 Å². The molecule has 13 heteroatoms. The second kappa shape index (κ2) is 8.95. The molecule has 1 saturated heterocycles. The molecule has 36 heavy (non-hydrogen) atoms. The number of phenols is 1. The molecule has 3 aromatic rings. The van der Waals surface area contributed by atoms with Gasteiger partial charge in [-0.05, 0) is 39.0 Å². The number of carbonyl (C=O) groups excluding carboxylic acids is 1. The molecule has 1 fully saturated rings. The number of hydrogen-bond acceptors (Lipinski definition) is 7. The normalized spacial score (nSPS) is 14.9. The first-order valence-electron chi connectivity index (χ1n) is 11.0. The smallest absolute Gasteiger partial charge is 0.431 e. The van der Waals surface area contributed by atoms with Gasteiger partial charge >= 0.3 is 12.3 Å². The second-order valence-corrected chi connectivity index (χ2v) is 9.19. The molecule has 4 rings (SSSR count). The van der Waals surface area contributed by atoms with Crippen molar-refractivity contribution in [2.45, 2.75) is 32.5 Å². The molecule has 0 aliphatic carbocycles. The van der Waals surface area contributed by atoms with Gasteiger partial charge in [-0.2, -0.15) is 13.2 Å². The maximum absolute atomic E-state index is 14.5. The summed E-state index contributed by atoms with van der Waals surface area (Å²) in [6.07, 6.45) is -4.57. The average molecular weight is 509 g/mol. The van der Waals surface area contributed by atoms with Crippen molar-refractivity contribution < 1.29 is 32.2 Å². The van der Waals surface area contributed by atoms with E-state index in [0.29, 0.717) is 6.07 Å². The van der Waals surface area contributed by atoms with Crippen LogP contribution >= 0.6 is 0 Å². The zero-order valence-corrected chi connectivity index (χ0v) is 19.6. The maximum Gasteiger partial charge on any atom is 0.431 e. The number of fused-ring (bicyclic) bond motifs is 1. The van der Waals surface area contributed by atoms with Gasteiger partial charge in [-0.15, -0.1) is 0 Å². The van der Waals surface area contributed by atoms with Crippen LogP contribution in [0.5, 0.6) is 5.75 Å². The summed E-state index contributed by atoms with van der Waals surface area (Å²) in [7, 11) is 0. The minimum absolute atomic E-state index is 0.0661. The fraction of sp³-hybridized carbons (Fsp3) is 0.391. The predicted molar refractivity (Wildman–Crippen MR) is 122 cm³/mol. The van der Waals surface area contributed by atoms with Gasteiger partial charge < -0.3 is 19.6 Å². The van der Waals surface area contributed by atoms with Crippen LogP contribution in [0.25, 0.3) is 16.6 Å². The summed E-state index contributed by atoms with van der Waals surface area (Å²) >= 11 is 0. The molecule has 3 heterocycles. The van der Waals surface area contributed by atoms with Gasteiger partial charge in [-0.3, -0.25) is 9.36 Å². The molecule has 192 valence electrons. The molecule has 0 radical (unpaired) electrons. The third kappa shape index (κ3) is 4.77. The molecule has 1 aliphatic heterocycles. The quantitative estimate of drug-likeness (QED) is 0.526. The van der Waals surface area contributed by atoms with Crippen LogP contribution in [0.1, 0.15) is 26.5 Å². The minimum atomic E-state index is -5.08. The fourth-order valence-electron chi connectivity index (χ4n) is 3.94. The van der Waals surface area contributed by atoms with Crippen molar-refractivity contribution >= 4 is 22.8 Å². The summed E-state index contributed by atoms with van der Waals surface area (Å²) in [4.78, 5) is 36.6. The summed E-state index contributed by atoms with van der Waals surface area (Å²) < 4.78 is 62.2. The van der Waals surface area contributed by atoms with Crippen molar-refractivity contribution in [1.29, 1.82) is 0 Å². The molecule has 2 aromatic heterocycles. The van der Waals surface area contributed by atoms with E-state index < -0.39 is 46.4 Å². The van der Waals surface area contributed by atoms with Crippen molar-refractivity contribution in [2.24, 2.45) is 0 Å². The molecular formula is C23H23F4N5O4. The number of aromatic nitrogens is 3. The van der Waals surface area contributed by atoms with Crippen molar-refractivity contribution in [3.05, 3.63) is 52.5 Å². The number of pyridine rings is 1. The highest BCUT2D eigenvalue weighted by atomic mass is 19.4. The Bertz CT molecular complexity index is 1360. The lowest BCUT2D eigenvalue weighted by atomic mass is 10.1. The van der Waals surface area contributed by atoms with Crippen LogP contribution in [-0.2, 0) is 10.9 Å². The van der Waals surface area contributed by atoms with Gasteiger partial charge in [-0.25, -0.2) is 19.2 Å². The van der Waals surface area contributed by atoms with E-state index in [1.165, 1.54) is 4.90 Å². The van der Waals surface area contributed by atoms with Crippen molar-refractivity contribution in [2.75, 3.05) is 31.1 Å². The first-order chi connectivity index (χ1) is 16.8. The number of hydrogen-bond donors (Lipinski definition) is 1. The number of nitrogens with zero attached hydrogens (tertiary/aromatic N) is 5. The lowest BCUT2D eigenvalue weighted by molar-refractivity contribution is -0.142. The summed E-state index contributed by atoms with van der Waals surface area (Å²) in [5.74, 6) is -1.99. The number of ether oxygens (including phenoxy) is 1. The monoisotopic (exact) mass is 509 g/mol. The number of carbonyl (C=O) groups is 1. The molecule has 0 spiro atoms. The number of phenolic OH excluding ortho intramolecular Hbond substituents is 1. The van der Waals surface area contributed by atoms with Crippen molar-refractivity contribution in [1.82, 2.24) is 19.4 Å². The van der Waals surface area contributed by atoms with Gasteiger partial charge in [0.15, 0.2) is 5.82 Å². The molecular weight excluding hydrogens is 486 g/mol. The molecule has 1 aromatic carbocycles. The van der Waals surface area contributed by atoms with Crippen LogP contribution in [0.4, 0.5) is 28.2 Å². The molecule has 0 atom stereocenters. The average Bonchev–Trinajstić information content (AvgIpc) is 2.78. The Kier molecular flexibility index (Phi) is 6.27. The van der Waals surface area contributed by atoms with Crippen molar-refractivity contribution in [3.8, 4) is 11.4 Å². The first-order valence-corrected chi connectivity index (χ1v) is 11.0. The molecule has 0 saturated carbocycles. The Morgan fingerprint density at radius 3 is 2.33 bits per heavy atom. The lowest BCUT2D eigenvalue weighted by Gasteiger charge is -2.36. The molecule has 1 aliphatic rings. The van der Waals surface area contributed by atoms with Crippen LogP contribution in [0, 0.1) is 5.82 Å². The third-order valence-corrected chi connectivity index (χ3v) is 5.50. The van der Waals surface area contributed by atoms with Crippen LogP contribution in [0.3, 0.4) is 0 Å². The van der Waals surface area contributed by atoms with E-state index in [-0.39, 0.29) is 47.5 Å². The number of anilines is 1. The van der Waals surface area contributed by atoms with E-state index >= 15 is 0 Å². The molecule has 9 nitrogen and oxygen atoms in total. The van der Waals surface area contributed by atoms with Gasteiger partial charge in [0.1, 0.15) is 40.4 Å². The second-order valence-electron chi connectivity index (χ2n) is 9.19. The number of halogens is 4. The zero-order valence-electron chi connectivity index (χ0n) is 19.6. The number of alkyl halides is 3. The number of para-hydroxylation sites is 1. The first kappa shape index (κ1) is 25.2. The number of aromatic hydroxyl groups is 1. The zero-order chi connectivity index (χ0) is 26.4. The number of piperazine rings is 1. The lowest BCUT2D eigenvalue weighted by Crippen LogP contribution is -2.50. The van der Waals surface area contributed by atoms with Gasteiger partial charge in [0, 0.05) is 26.2 Å². The van der Waals surface area contributed by atoms with E-state index in [9.17, 15) is 32.3 Å². The molecule has 1 amide bonds. The van der Waals surface area contributed by atoms with E-state index in [4.69, 9.17) is 4.74 Å². The molecule has 1 N–H and O–H groups in total.